The molecule has 0 aliphatic rings. The Labute approximate surface area is 261 Å². The van der Waals surface area contributed by atoms with Crippen LogP contribution in [0.3, 0.4) is 0 Å². The monoisotopic (exact) mass is 719 g/mol. The van der Waals surface area contributed by atoms with Crippen LogP contribution in [0, 0.1) is 0 Å². The van der Waals surface area contributed by atoms with E-state index in [9.17, 15) is 0 Å². The lowest BCUT2D eigenvalue weighted by molar-refractivity contribution is 0.237. The van der Waals surface area contributed by atoms with Crippen molar-refractivity contribution in [1.82, 2.24) is 0 Å². The van der Waals surface area contributed by atoms with E-state index in [0.29, 0.717) is 26.4 Å². The summed E-state index contributed by atoms with van der Waals surface area (Å²) in [5.41, 5.74) is 0. The summed E-state index contributed by atoms with van der Waals surface area (Å²) in [5.74, 6) is 0. The van der Waals surface area contributed by atoms with Crippen LogP contribution in [0.15, 0.2) is 22.8 Å². The number of nitrogens with zero attached hydrogens (tertiary/aromatic N) is 5. The Morgan fingerprint density at radius 1 is 0.372 bits per heavy atom. The fourth-order valence-corrected chi connectivity index (χ4v) is 17.7. The van der Waals surface area contributed by atoms with Crippen molar-refractivity contribution >= 4 is 38.1 Å². The van der Waals surface area contributed by atoms with Crippen molar-refractivity contribution in [3.63, 3.8) is 0 Å². The quantitative estimate of drug-likeness (QED) is 0.0832. The summed E-state index contributed by atoms with van der Waals surface area (Å²) < 4.78 is 86.1. The zero-order valence-electron chi connectivity index (χ0n) is 28.3. The van der Waals surface area contributed by atoms with Crippen LogP contribution in [-0.2, 0) is 45.2 Å². The molecule has 0 fully saturated rings. The molecule has 0 aliphatic carbocycles. The minimum atomic E-state index is -3.69. The van der Waals surface area contributed by atoms with Crippen molar-refractivity contribution < 1.29 is 45.2 Å². The highest BCUT2D eigenvalue weighted by Gasteiger charge is 2.39. The summed E-state index contributed by atoms with van der Waals surface area (Å²) in [5, 5.41) is 0. The Bertz CT molecular complexity index is 1020. The third kappa shape index (κ3) is 15.0. The van der Waals surface area contributed by atoms with Gasteiger partial charge in [0, 0.05) is 13.7 Å². The molecule has 260 valence electrons. The van der Waals surface area contributed by atoms with Crippen LogP contribution < -0.4 is 0 Å². The Hall–Kier alpha value is 0.750. The van der Waals surface area contributed by atoms with Crippen molar-refractivity contribution in [3.05, 3.63) is 0 Å². The van der Waals surface area contributed by atoms with Crippen LogP contribution in [0.1, 0.15) is 75.7 Å². The molecule has 0 aromatic rings. The Balaban J connectivity index is 8.44. The lowest BCUT2D eigenvalue weighted by Gasteiger charge is -2.30. The summed E-state index contributed by atoms with van der Waals surface area (Å²) in [6.45, 7) is 23.0. The maximum atomic E-state index is 6.29. The topological polar surface area (TPSA) is 154 Å². The van der Waals surface area contributed by atoms with E-state index >= 15 is 0 Å². The van der Waals surface area contributed by atoms with Gasteiger partial charge in [0.1, 0.15) is 0 Å². The van der Waals surface area contributed by atoms with Crippen molar-refractivity contribution in [3.8, 4) is 0 Å². The largest absolute Gasteiger partial charge is 0.349 e. The minimum absolute atomic E-state index is 0.191. The van der Waals surface area contributed by atoms with Crippen LogP contribution in [-0.4, -0.2) is 79.8 Å². The molecular formula is C23H58N5O10P5. The molecule has 0 aliphatic heterocycles. The highest BCUT2D eigenvalue weighted by Crippen LogP contribution is 2.77. The predicted molar refractivity (Wildman–Crippen MR) is 179 cm³/mol. The van der Waals surface area contributed by atoms with Crippen LogP contribution in [0.25, 0.3) is 0 Å². The fraction of sp³-hybridized carbons (Fsp3) is 1.00. The Morgan fingerprint density at radius 3 is 0.930 bits per heavy atom. The van der Waals surface area contributed by atoms with Crippen molar-refractivity contribution in [2.24, 2.45) is 22.8 Å². The maximum absolute atomic E-state index is 6.29. The molecule has 0 aromatic carbocycles. The minimum Gasteiger partial charge on any atom is -0.324 e. The molecule has 0 saturated heterocycles. The maximum Gasteiger partial charge on any atom is 0.349 e. The van der Waals surface area contributed by atoms with Gasteiger partial charge in [-0.2, -0.15) is 4.52 Å². The summed E-state index contributed by atoms with van der Waals surface area (Å²) in [7, 11) is -15.3. The first kappa shape index (κ1) is 43.8. The van der Waals surface area contributed by atoms with E-state index in [1.807, 2.05) is 69.2 Å². The zero-order chi connectivity index (χ0) is 32.9. The molecule has 0 rings (SSSR count). The molecular weight excluding hydrogens is 661 g/mol. The molecule has 0 spiro atoms. The average Bonchev–Trinajstić information content (AvgIpc) is 2.92. The van der Waals surface area contributed by atoms with Crippen molar-refractivity contribution in [1.29, 1.82) is 0 Å². The third-order valence-corrected chi connectivity index (χ3v) is 18.8. The highest BCUT2D eigenvalue weighted by atomic mass is 31.3. The lowest BCUT2D eigenvalue weighted by atomic mass is 10.5. The van der Waals surface area contributed by atoms with E-state index in [1.165, 1.54) is 0 Å². The van der Waals surface area contributed by atoms with Gasteiger partial charge in [0.15, 0.2) is 0 Å². The summed E-state index contributed by atoms with van der Waals surface area (Å²) >= 11 is 0. The second-order valence-corrected chi connectivity index (χ2v) is 19.3. The fourth-order valence-electron chi connectivity index (χ4n) is 3.31. The highest BCUT2D eigenvalue weighted by molar-refractivity contribution is 7.75. The van der Waals surface area contributed by atoms with Gasteiger partial charge in [-0.1, -0.05) is 6.92 Å². The van der Waals surface area contributed by atoms with Gasteiger partial charge in [-0.05, 0) is 68.7 Å². The van der Waals surface area contributed by atoms with Crippen LogP contribution in [0.4, 0.5) is 0 Å². The van der Waals surface area contributed by atoms with E-state index in [2.05, 4.69) is 4.74 Å². The normalized spacial score (nSPS) is 14.3. The van der Waals surface area contributed by atoms with Gasteiger partial charge >= 0.3 is 30.6 Å². The number of rotatable bonds is 25. The number of hydrogen-bond acceptors (Lipinski definition) is 11. The van der Waals surface area contributed by atoms with Gasteiger partial charge in [0.2, 0.25) is 7.51 Å². The van der Waals surface area contributed by atoms with Crippen molar-refractivity contribution in [2.45, 2.75) is 75.7 Å². The molecule has 0 bridgehead atoms. The molecule has 1 atom stereocenters. The first-order valence-corrected chi connectivity index (χ1v) is 23.1. The molecule has 20 heteroatoms. The van der Waals surface area contributed by atoms with Gasteiger partial charge in [0.25, 0.3) is 0 Å². The summed E-state index contributed by atoms with van der Waals surface area (Å²) in [4.78, 5) is 0. The molecule has 43 heavy (non-hydrogen) atoms. The van der Waals surface area contributed by atoms with E-state index < -0.39 is 38.1 Å². The van der Waals surface area contributed by atoms with Gasteiger partial charge in [0.05, 0.1) is 66.1 Å². The second-order valence-electron chi connectivity index (χ2n) is 7.92. The van der Waals surface area contributed by atoms with Gasteiger partial charge in [-0.15, -0.1) is 13.5 Å². The molecule has 0 amide bonds. The molecule has 15 nitrogen and oxygen atoms in total. The lowest BCUT2D eigenvalue weighted by Crippen LogP contribution is -2.02. The zero-order valence-corrected chi connectivity index (χ0v) is 32.8. The standard InChI is InChI=1S/C23H58N5O10P5/c1-13-23-38-40(24-11,31-16-4)26-42(34-19-7,35-20-8)28-43(36-21-9,37-22-10)27-41(32-17-5,33-18-6)25-39(12,29-14-2)30-15-3/h13-23H2,1-12H3. The average molecular weight is 720 g/mol. The first-order chi connectivity index (χ1) is 20.5. The summed E-state index contributed by atoms with van der Waals surface area (Å²) in [6.07, 6.45) is 0.731. The van der Waals surface area contributed by atoms with Gasteiger partial charge in [-0.3, -0.25) is 0 Å². The van der Waals surface area contributed by atoms with E-state index in [4.69, 9.17) is 63.3 Å². The Kier molecular flexibility index (Phi) is 23.5. The van der Waals surface area contributed by atoms with Crippen LogP contribution >= 0.6 is 38.1 Å². The Morgan fingerprint density at radius 2 is 0.651 bits per heavy atom. The third-order valence-electron chi connectivity index (χ3n) is 4.49. The van der Waals surface area contributed by atoms with E-state index in [0.717, 1.165) is 6.42 Å². The molecule has 0 saturated carbocycles. The van der Waals surface area contributed by atoms with Crippen molar-refractivity contribution in [2.75, 3.05) is 79.8 Å². The van der Waals surface area contributed by atoms with Crippen LogP contribution in [0.5, 0.6) is 0 Å². The SMILES string of the molecule is CCCOP(=NC)(N=P(N=P(N=P(N=P(C)(OCC)OCC)(OCC)OCC)(OCC)OCC)(OCC)OCC)OCC. The second kappa shape index (κ2) is 23.1. The van der Waals surface area contributed by atoms with Gasteiger partial charge in [-0.25, -0.2) is 4.74 Å². The molecule has 0 aromatic heterocycles. The van der Waals surface area contributed by atoms with Crippen LogP contribution in [0.2, 0.25) is 0 Å². The molecule has 0 radical (unpaired) electrons. The van der Waals surface area contributed by atoms with Gasteiger partial charge < -0.3 is 45.2 Å². The molecule has 0 heterocycles. The summed E-state index contributed by atoms with van der Waals surface area (Å²) in [6, 6.07) is 0. The van der Waals surface area contributed by atoms with E-state index in [1.54, 1.807) is 13.7 Å². The smallest absolute Gasteiger partial charge is 0.324 e. The predicted octanol–water partition coefficient (Wildman–Crippen LogP) is 10.8. The first-order valence-electron chi connectivity index (χ1n) is 15.0. The number of hydrogen-bond donors (Lipinski definition) is 0. The van der Waals surface area contributed by atoms with E-state index in [-0.39, 0.29) is 39.6 Å². The molecule has 1 unspecified atom stereocenters. The molecule has 0 N–H and O–H groups in total.